The van der Waals surface area contributed by atoms with Crippen molar-refractivity contribution >= 4 is 29.2 Å². The molecule has 2 N–H and O–H groups in total. The number of hydrogen-bond donors (Lipinski definition) is 2. The number of anilines is 2. The van der Waals surface area contributed by atoms with E-state index in [9.17, 15) is 14.4 Å². The molecule has 3 heterocycles. The highest BCUT2D eigenvalue weighted by Crippen LogP contribution is 2.30. The fraction of sp³-hybridized carbons (Fsp3) is 0.448. The Bertz CT molecular complexity index is 1250. The predicted octanol–water partition coefficient (Wildman–Crippen LogP) is 1.82. The van der Waals surface area contributed by atoms with Crippen molar-refractivity contribution < 1.29 is 19.1 Å². The second kappa shape index (κ2) is 12.8. The number of morpholine rings is 1. The third-order valence-corrected chi connectivity index (χ3v) is 7.57. The maximum absolute atomic E-state index is 13.4. The molecule has 2 aromatic rings. The lowest BCUT2D eigenvalue weighted by Crippen LogP contribution is -2.54. The van der Waals surface area contributed by atoms with Gasteiger partial charge in [0.1, 0.15) is 0 Å². The molecule has 5 rings (SSSR count). The number of nitriles is 1. The molecule has 40 heavy (non-hydrogen) atoms. The van der Waals surface area contributed by atoms with Crippen LogP contribution in [-0.2, 0) is 4.74 Å². The fourth-order valence-corrected chi connectivity index (χ4v) is 5.26. The van der Waals surface area contributed by atoms with Crippen molar-refractivity contribution in [1.29, 1.82) is 5.26 Å². The summed E-state index contributed by atoms with van der Waals surface area (Å²) in [5.41, 5.74) is 2.75. The fourth-order valence-electron chi connectivity index (χ4n) is 5.26. The number of benzene rings is 2. The number of nitrogens with zero attached hydrogens (tertiary/aromatic N) is 5. The lowest BCUT2D eigenvalue weighted by molar-refractivity contribution is 0.0428. The summed E-state index contributed by atoms with van der Waals surface area (Å²) in [7, 11) is 0. The van der Waals surface area contributed by atoms with Gasteiger partial charge in [0.25, 0.3) is 11.8 Å². The molecule has 2 aromatic carbocycles. The summed E-state index contributed by atoms with van der Waals surface area (Å²) in [4.78, 5) is 47.2. The van der Waals surface area contributed by atoms with Gasteiger partial charge in [0.05, 0.1) is 36.2 Å². The number of carbonyl (C=O) groups is 3. The summed E-state index contributed by atoms with van der Waals surface area (Å²) < 4.78 is 5.37. The molecule has 210 valence electrons. The Hall–Kier alpha value is -4.14. The van der Waals surface area contributed by atoms with Gasteiger partial charge in [-0.1, -0.05) is 0 Å². The molecule has 0 unspecified atom stereocenters. The van der Waals surface area contributed by atoms with Crippen molar-refractivity contribution in [3.63, 3.8) is 0 Å². The molecule has 3 fully saturated rings. The van der Waals surface area contributed by atoms with Gasteiger partial charge in [-0.15, -0.1) is 0 Å². The maximum atomic E-state index is 13.4. The van der Waals surface area contributed by atoms with E-state index in [0.29, 0.717) is 87.9 Å². The molecule has 0 spiro atoms. The highest BCUT2D eigenvalue weighted by Gasteiger charge is 2.28. The van der Waals surface area contributed by atoms with E-state index in [1.54, 1.807) is 30.3 Å². The van der Waals surface area contributed by atoms with Crippen LogP contribution in [-0.4, -0.2) is 111 Å². The topological polar surface area (TPSA) is 121 Å². The third kappa shape index (κ3) is 6.35. The van der Waals surface area contributed by atoms with Crippen molar-refractivity contribution in [2.75, 3.05) is 88.9 Å². The first-order valence-electron chi connectivity index (χ1n) is 13.9. The van der Waals surface area contributed by atoms with Crippen LogP contribution in [0.1, 0.15) is 32.7 Å². The SMILES string of the molecule is N#Cc1ccc(C(=O)Nc2cc(C(=O)N3CCCNCC3)ccc2N2CCN(C(=O)N3CCOCC3)CC2)cc1. The second-order valence-corrected chi connectivity index (χ2v) is 10.1. The van der Waals surface area contributed by atoms with Gasteiger partial charge in [0.15, 0.2) is 0 Å². The molecule has 0 saturated carbocycles. The van der Waals surface area contributed by atoms with E-state index >= 15 is 0 Å². The average molecular weight is 546 g/mol. The Morgan fingerprint density at radius 3 is 2.23 bits per heavy atom. The lowest BCUT2D eigenvalue weighted by atomic mass is 10.1. The first-order chi connectivity index (χ1) is 19.5. The highest BCUT2D eigenvalue weighted by atomic mass is 16.5. The van der Waals surface area contributed by atoms with Gasteiger partial charge in [0.2, 0.25) is 0 Å². The van der Waals surface area contributed by atoms with Crippen LogP contribution >= 0.6 is 0 Å². The van der Waals surface area contributed by atoms with Crippen LogP contribution in [0.5, 0.6) is 0 Å². The molecule has 0 bridgehead atoms. The van der Waals surface area contributed by atoms with Gasteiger partial charge in [-0.3, -0.25) is 9.59 Å². The molecule has 3 aliphatic rings. The van der Waals surface area contributed by atoms with E-state index in [2.05, 4.69) is 21.6 Å². The molecular weight excluding hydrogens is 510 g/mol. The van der Waals surface area contributed by atoms with Crippen LogP contribution in [0.3, 0.4) is 0 Å². The minimum absolute atomic E-state index is 0.0326. The summed E-state index contributed by atoms with van der Waals surface area (Å²) in [5.74, 6) is -0.388. The molecule has 11 heteroatoms. The molecule has 0 aromatic heterocycles. The van der Waals surface area contributed by atoms with Crippen LogP contribution < -0.4 is 15.5 Å². The summed E-state index contributed by atoms with van der Waals surface area (Å²) in [6.07, 6.45) is 0.888. The minimum Gasteiger partial charge on any atom is -0.378 e. The van der Waals surface area contributed by atoms with Crippen LogP contribution in [0.2, 0.25) is 0 Å². The van der Waals surface area contributed by atoms with Crippen molar-refractivity contribution in [3.8, 4) is 6.07 Å². The van der Waals surface area contributed by atoms with E-state index in [1.807, 2.05) is 26.8 Å². The van der Waals surface area contributed by atoms with Gasteiger partial charge in [-0.05, 0) is 55.4 Å². The molecular formula is C29H35N7O4. The van der Waals surface area contributed by atoms with Crippen molar-refractivity contribution in [1.82, 2.24) is 20.0 Å². The van der Waals surface area contributed by atoms with Gasteiger partial charge in [-0.25, -0.2) is 4.79 Å². The predicted molar refractivity (Wildman–Crippen MR) is 151 cm³/mol. The number of carbonyl (C=O) groups excluding carboxylic acids is 3. The summed E-state index contributed by atoms with van der Waals surface area (Å²) in [6, 6.07) is 14.0. The lowest BCUT2D eigenvalue weighted by Gasteiger charge is -2.39. The van der Waals surface area contributed by atoms with Gasteiger partial charge < -0.3 is 35.0 Å². The monoisotopic (exact) mass is 545 g/mol. The zero-order valence-corrected chi connectivity index (χ0v) is 22.6. The van der Waals surface area contributed by atoms with E-state index in [0.717, 1.165) is 25.2 Å². The van der Waals surface area contributed by atoms with E-state index < -0.39 is 0 Å². The Kier molecular flexibility index (Phi) is 8.78. The van der Waals surface area contributed by atoms with E-state index in [4.69, 9.17) is 10.00 Å². The standard InChI is InChI=1S/C29H35N7O4/c30-21-22-2-4-23(5-3-22)27(37)32-25-20-24(28(38)34-10-1-8-31-9-11-34)6-7-26(25)33-12-14-35(15-13-33)29(39)36-16-18-40-19-17-36/h2-7,20,31H,1,8-19H2,(H,32,37). The van der Waals surface area contributed by atoms with Gasteiger partial charge >= 0.3 is 6.03 Å². The number of nitrogens with one attached hydrogen (secondary N) is 2. The second-order valence-electron chi connectivity index (χ2n) is 10.1. The van der Waals surface area contributed by atoms with E-state index in [-0.39, 0.29) is 17.8 Å². The summed E-state index contributed by atoms with van der Waals surface area (Å²) in [5, 5.41) is 15.4. The Balaban J connectivity index is 1.35. The Labute approximate surface area is 234 Å². The smallest absolute Gasteiger partial charge is 0.320 e. The Morgan fingerprint density at radius 1 is 0.800 bits per heavy atom. The Morgan fingerprint density at radius 2 is 1.50 bits per heavy atom. The van der Waals surface area contributed by atoms with Crippen molar-refractivity contribution in [2.45, 2.75) is 6.42 Å². The molecule has 0 atom stereocenters. The summed E-state index contributed by atoms with van der Waals surface area (Å²) >= 11 is 0. The number of rotatable bonds is 4. The number of piperazine rings is 1. The third-order valence-electron chi connectivity index (χ3n) is 7.57. The number of hydrogen-bond acceptors (Lipinski definition) is 7. The summed E-state index contributed by atoms with van der Waals surface area (Å²) in [6.45, 7) is 7.59. The van der Waals surface area contributed by atoms with Crippen LogP contribution in [0.25, 0.3) is 0 Å². The van der Waals surface area contributed by atoms with Crippen LogP contribution in [0, 0.1) is 11.3 Å². The van der Waals surface area contributed by atoms with Crippen molar-refractivity contribution in [3.05, 3.63) is 59.2 Å². The van der Waals surface area contributed by atoms with Crippen LogP contribution in [0.15, 0.2) is 42.5 Å². The highest BCUT2D eigenvalue weighted by molar-refractivity contribution is 6.07. The van der Waals surface area contributed by atoms with Crippen molar-refractivity contribution in [2.24, 2.45) is 0 Å². The molecule has 3 aliphatic heterocycles. The quantitative estimate of drug-likeness (QED) is 0.601. The molecule has 3 saturated heterocycles. The zero-order chi connectivity index (χ0) is 27.9. The molecule has 0 aliphatic carbocycles. The average Bonchev–Trinajstić information content (AvgIpc) is 3.31. The molecule has 0 radical (unpaired) electrons. The van der Waals surface area contributed by atoms with Crippen LogP contribution in [0.4, 0.5) is 16.2 Å². The molecule has 4 amide bonds. The largest absolute Gasteiger partial charge is 0.378 e. The number of amides is 4. The normalized spacial score (nSPS) is 18.1. The number of urea groups is 1. The van der Waals surface area contributed by atoms with E-state index in [1.165, 1.54) is 0 Å². The maximum Gasteiger partial charge on any atom is 0.320 e. The van der Waals surface area contributed by atoms with Gasteiger partial charge in [0, 0.05) is 70.0 Å². The van der Waals surface area contributed by atoms with Gasteiger partial charge in [-0.2, -0.15) is 5.26 Å². The number of ether oxygens (including phenoxy) is 1. The molecule has 11 nitrogen and oxygen atoms in total. The first-order valence-corrected chi connectivity index (χ1v) is 13.9. The minimum atomic E-state index is -0.324. The zero-order valence-electron chi connectivity index (χ0n) is 22.6. The first kappa shape index (κ1) is 27.4.